The zero-order valence-electron chi connectivity index (χ0n) is 16.7. The van der Waals surface area contributed by atoms with E-state index in [0.29, 0.717) is 35.7 Å². The van der Waals surface area contributed by atoms with Crippen LogP contribution in [0, 0.1) is 12.3 Å². The first-order valence-electron chi connectivity index (χ1n) is 9.88. The van der Waals surface area contributed by atoms with Crippen molar-refractivity contribution in [3.8, 4) is 11.4 Å². The van der Waals surface area contributed by atoms with E-state index in [0.717, 1.165) is 24.8 Å². The smallest absolute Gasteiger partial charge is 0.262 e. The first kappa shape index (κ1) is 19.7. The number of hydrogen-bond donors (Lipinski definition) is 0. The molecule has 1 aromatic carbocycles. The van der Waals surface area contributed by atoms with Crippen LogP contribution in [0.5, 0.6) is 0 Å². The summed E-state index contributed by atoms with van der Waals surface area (Å²) in [6.07, 6.45) is 4.07. The van der Waals surface area contributed by atoms with Crippen LogP contribution in [0.3, 0.4) is 0 Å². The molecule has 1 spiro atoms. The quantitative estimate of drug-likeness (QED) is 0.608. The lowest BCUT2D eigenvalue weighted by atomic mass is 9.92. The predicted molar refractivity (Wildman–Crippen MR) is 110 cm³/mol. The molecule has 0 N–H and O–H groups in total. The Morgan fingerprint density at radius 1 is 1.23 bits per heavy atom. The number of nitrogens with zero attached hydrogens (tertiary/aromatic N) is 5. The summed E-state index contributed by atoms with van der Waals surface area (Å²) in [5.41, 5.74) is 0.864. The largest absolute Gasteiger partial charge is 0.339 e. The number of aromatic nitrogens is 4. The van der Waals surface area contributed by atoms with E-state index in [4.69, 9.17) is 16.1 Å². The van der Waals surface area contributed by atoms with E-state index in [2.05, 4.69) is 15.1 Å². The maximum Gasteiger partial charge on any atom is 0.262 e. The van der Waals surface area contributed by atoms with E-state index in [1.165, 1.54) is 0 Å². The number of rotatable bonds is 4. The summed E-state index contributed by atoms with van der Waals surface area (Å²) in [5, 5.41) is 4.85. The van der Waals surface area contributed by atoms with Gasteiger partial charge >= 0.3 is 0 Å². The topological polar surface area (TPSA) is 94.1 Å². The molecule has 30 heavy (non-hydrogen) atoms. The molecule has 2 aliphatic rings. The highest BCUT2D eigenvalue weighted by molar-refractivity contribution is 7.89. The highest BCUT2D eigenvalue weighted by Crippen LogP contribution is 2.64. The minimum Gasteiger partial charge on any atom is -0.339 e. The molecule has 1 saturated carbocycles. The predicted octanol–water partition coefficient (Wildman–Crippen LogP) is 3.39. The summed E-state index contributed by atoms with van der Waals surface area (Å²) in [4.78, 5) is 8.78. The standard InChI is InChI=1S/C20H22ClN5O3S/c1-13-22-17(12-25(13)2)30(27,28)26-8-6-20(7-9-26)11-16(20)19-23-18(24-29-19)14-4-3-5-15(21)10-14/h3-5,10,12,16H,6-9,11H2,1-2H3/t16-/m0/s1. The molecular formula is C20H22ClN5O3S. The van der Waals surface area contributed by atoms with Crippen molar-refractivity contribution in [1.82, 2.24) is 24.0 Å². The van der Waals surface area contributed by atoms with Gasteiger partial charge in [0, 0.05) is 42.8 Å². The Kier molecular flexibility index (Phi) is 4.53. The Hall–Kier alpha value is -2.23. The summed E-state index contributed by atoms with van der Waals surface area (Å²) in [7, 11) is -1.77. The van der Waals surface area contributed by atoms with Crippen molar-refractivity contribution >= 4 is 21.6 Å². The lowest BCUT2D eigenvalue weighted by Crippen LogP contribution is -2.39. The molecule has 1 saturated heterocycles. The second kappa shape index (κ2) is 6.90. The molecule has 158 valence electrons. The van der Waals surface area contributed by atoms with Gasteiger partial charge in [-0.1, -0.05) is 28.9 Å². The Labute approximate surface area is 179 Å². The average molecular weight is 448 g/mol. The monoisotopic (exact) mass is 447 g/mol. The van der Waals surface area contributed by atoms with Gasteiger partial charge in [-0.3, -0.25) is 0 Å². The van der Waals surface area contributed by atoms with E-state index in [-0.39, 0.29) is 16.4 Å². The molecular weight excluding hydrogens is 426 g/mol. The van der Waals surface area contributed by atoms with Crippen LogP contribution in [0.2, 0.25) is 5.02 Å². The Bertz CT molecular complexity index is 1190. The van der Waals surface area contributed by atoms with Gasteiger partial charge in [0.05, 0.1) is 0 Å². The molecule has 8 nitrogen and oxygen atoms in total. The molecule has 0 radical (unpaired) electrons. The van der Waals surface area contributed by atoms with Crippen LogP contribution in [0.15, 0.2) is 40.0 Å². The van der Waals surface area contributed by atoms with E-state index < -0.39 is 10.0 Å². The van der Waals surface area contributed by atoms with Crippen LogP contribution in [0.1, 0.15) is 36.9 Å². The summed E-state index contributed by atoms with van der Waals surface area (Å²) in [5.74, 6) is 2.01. The number of benzene rings is 1. The highest BCUT2D eigenvalue weighted by atomic mass is 35.5. The van der Waals surface area contributed by atoms with Gasteiger partial charge in [0.2, 0.25) is 11.7 Å². The second-order valence-electron chi connectivity index (χ2n) is 8.23. The molecule has 2 aromatic heterocycles. The maximum atomic E-state index is 12.9. The molecule has 3 aromatic rings. The zero-order valence-corrected chi connectivity index (χ0v) is 18.3. The fourth-order valence-electron chi connectivity index (χ4n) is 4.33. The molecule has 0 unspecified atom stereocenters. The Morgan fingerprint density at radius 2 is 2.00 bits per heavy atom. The van der Waals surface area contributed by atoms with Gasteiger partial charge < -0.3 is 9.09 Å². The molecule has 10 heteroatoms. The van der Waals surface area contributed by atoms with Crippen molar-refractivity contribution in [3.05, 3.63) is 47.2 Å². The molecule has 1 atom stereocenters. The van der Waals surface area contributed by atoms with Crippen molar-refractivity contribution < 1.29 is 12.9 Å². The number of aryl methyl sites for hydroxylation is 2. The first-order chi connectivity index (χ1) is 14.3. The summed E-state index contributed by atoms with van der Waals surface area (Å²) < 4.78 is 34.7. The third-order valence-electron chi connectivity index (χ3n) is 6.42. The lowest BCUT2D eigenvalue weighted by molar-refractivity contribution is 0.242. The zero-order chi connectivity index (χ0) is 21.1. The molecule has 1 aliphatic heterocycles. The summed E-state index contributed by atoms with van der Waals surface area (Å²) in [6.45, 7) is 2.74. The van der Waals surface area contributed by atoms with Crippen LogP contribution in [-0.2, 0) is 17.1 Å². The highest BCUT2D eigenvalue weighted by Gasteiger charge is 2.59. The van der Waals surface area contributed by atoms with Gasteiger partial charge in [0.25, 0.3) is 10.0 Å². The van der Waals surface area contributed by atoms with Gasteiger partial charge in [-0.15, -0.1) is 0 Å². The van der Waals surface area contributed by atoms with Gasteiger partial charge in [0.1, 0.15) is 5.82 Å². The van der Waals surface area contributed by atoms with Crippen LogP contribution < -0.4 is 0 Å². The fourth-order valence-corrected chi connectivity index (χ4v) is 5.98. The number of hydrogen-bond acceptors (Lipinski definition) is 6. The van der Waals surface area contributed by atoms with Crippen molar-refractivity contribution in [2.75, 3.05) is 13.1 Å². The Balaban J connectivity index is 1.28. The van der Waals surface area contributed by atoms with Gasteiger partial charge in [-0.05, 0) is 43.7 Å². The van der Waals surface area contributed by atoms with E-state index in [1.54, 1.807) is 35.1 Å². The average Bonchev–Trinajstić information content (AvgIpc) is 3.04. The fraction of sp³-hybridized carbons (Fsp3) is 0.450. The molecule has 3 heterocycles. The Morgan fingerprint density at radius 3 is 2.67 bits per heavy atom. The molecule has 5 rings (SSSR count). The summed E-state index contributed by atoms with van der Waals surface area (Å²) >= 11 is 6.05. The first-order valence-corrected chi connectivity index (χ1v) is 11.7. The van der Waals surface area contributed by atoms with Crippen molar-refractivity contribution in [2.45, 2.75) is 37.1 Å². The van der Waals surface area contributed by atoms with Gasteiger partial charge in [-0.2, -0.15) is 9.29 Å². The maximum absolute atomic E-state index is 12.9. The SMILES string of the molecule is Cc1nc(S(=O)(=O)N2CCC3(CC2)C[C@H]3c2nc(-c3cccc(Cl)c3)no2)cn1C. The van der Waals surface area contributed by atoms with Crippen LogP contribution in [0.25, 0.3) is 11.4 Å². The molecule has 0 amide bonds. The van der Waals surface area contributed by atoms with Crippen LogP contribution >= 0.6 is 11.6 Å². The molecule has 1 aliphatic carbocycles. The van der Waals surface area contributed by atoms with E-state index in [1.807, 2.05) is 18.2 Å². The second-order valence-corrected chi connectivity index (χ2v) is 10.5. The van der Waals surface area contributed by atoms with E-state index in [9.17, 15) is 8.42 Å². The number of piperidine rings is 1. The minimum atomic E-state index is -3.57. The normalized spacial score (nSPS) is 21.2. The van der Waals surface area contributed by atoms with E-state index >= 15 is 0 Å². The molecule has 0 bridgehead atoms. The molecule has 2 fully saturated rings. The van der Waals surface area contributed by atoms with Crippen molar-refractivity contribution in [1.29, 1.82) is 0 Å². The lowest BCUT2D eigenvalue weighted by Gasteiger charge is -2.31. The third-order valence-corrected chi connectivity index (χ3v) is 8.43. The summed E-state index contributed by atoms with van der Waals surface area (Å²) in [6, 6.07) is 7.36. The number of imidazole rings is 1. The van der Waals surface area contributed by atoms with Crippen LogP contribution in [0.4, 0.5) is 0 Å². The van der Waals surface area contributed by atoms with Crippen LogP contribution in [-0.4, -0.2) is 45.5 Å². The third kappa shape index (κ3) is 3.25. The van der Waals surface area contributed by atoms with Gasteiger partial charge in [-0.25, -0.2) is 13.4 Å². The number of sulfonamides is 1. The minimum absolute atomic E-state index is 0.0458. The van der Waals surface area contributed by atoms with Crippen molar-refractivity contribution in [3.63, 3.8) is 0 Å². The number of halogens is 1. The van der Waals surface area contributed by atoms with Gasteiger partial charge in [0.15, 0.2) is 5.03 Å². The van der Waals surface area contributed by atoms with Crippen molar-refractivity contribution in [2.24, 2.45) is 12.5 Å².